The van der Waals surface area contributed by atoms with Crippen LogP contribution in [0.4, 0.5) is 0 Å². The smallest absolute Gasteiger partial charge is 0.306 e. The Morgan fingerprint density at radius 2 is 2.00 bits per heavy atom. The molecule has 16 heavy (non-hydrogen) atoms. The monoisotopic (exact) mass is 228 g/mol. The van der Waals surface area contributed by atoms with E-state index in [1.807, 2.05) is 0 Å². The van der Waals surface area contributed by atoms with Crippen LogP contribution in [-0.4, -0.2) is 43.7 Å². The highest BCUT2D eigenvalue weighted by Gasteiger charge is 2.19. The van der Waals surface area contributed by atoms with Gasteiger partial charge in [-0.05, 0) is 39.3 Å². The highest BCUT2D eigenvalue weighted by Crippen LogP contribution is 2.13. The van der Waals surface area contributed by atoms with Gasteiger partial charge < -0.3 is 15.4 Å². The predicted molar refractivity (Wildman–Crippen MR) is 64.1 cm³/mol. The third-order valence-electron chi connectivity index (χ3n) is 3.05. The highest BCUT2D eigenvalue weighted by atomic mass is 16.5. The number of carbonyl (C=O) groups is 1. The normalized spacial score (nSPS) is 18.6. The number of carbonyl (C=O) groups excluding carboxylic acids is 1. The lowest BCUT2D eigenvalue weighted by Crippen LogP contribution is -2.35. The highest BCUT2D eigenvalue weighted by molar-refractivity contribution is 5.69. The molecule has 1 aliphatic heterocycles. The Morgan fingerprint density at radius 3 is 2.62 bits per heavy atom. The van der Waals surface area contributed by atoms with Crippen molar-refractivity contribution < 1.29 is 9.53 Å². The maximum Gasteiger partial charge on any atom is 0.306 e. The summed E-state index contributed by atoms with van der Waals surface area (Å²) in [4.78, 5) is 13.8. The number of hydrogen-bond donors (Lipinski definition) is 1. The Balaban J connectivity index is 2.05. The van der Waals surface area contributed by atoms with Gasteiger partial charge in [-0.3, -0.25) is 4.79 Å². The molecule has 1 heterocycles. The summed E-state index contributed by atoms with van der Waals surface area (Å²) in [5.41, 5.74) is 5.39. The summed E-state index contributed by atoms with van der Waals surface area (Å²) < 4.78 is 5.42. The van der Waals surface area contributed by atoms with E-state index in [4.69, 9.17) is 10.5 Å². The van der Waals surface area contributed by atoms with Crippen molar-refractivity contribution in [3.05, 3.63) is 0 Å². The van der Waals surface area contributed by atoms with Crippen LogP contribution in [-0.2, 0) is 9.53 Å². The molecule has 0 saturated carbocycles. The third-order valence-corrected chi connectivity index (χ3v) is 3.05. The van der Waals surface area contributed by atoms with Crippen molar-refractivity contribution in [1.82, 2.24) is 4.90 Å². The molecule has 1 aliphatic rings. The fraction of sp³-hybridized carbons (Fsp3) is 0.917. The van der Waals surface area contributed by atoms with E-state index in [-0.39, 0.29) is 12.1 Å². The molecule has 1 fully saturated rings. The van der Waals surface area contributed by atoms with Crippen LogP contribution in [0.1, 0.15) is 38.5 Å². The summed E-state index contributed by atoms with van der Waals surface area (Å²) in [5.74, 6) is -0.0356. The third kappa shape index (κ3) is 5.47. The van der Waals surface area contributed by atoms with Crippen LogP contribution in [0.2, 0.25) is 0 Å². The van der Waals surface area contributed by atoms with Crippen LogP contribution >= 0.6 is 0 Å². The first-order valence-electron chi connectivity index (χ1n) is 6.30. The van der Waals surface area contributed by atoms with E-state index in [1.165, 1.54) is 0 Å². The number of esters is 1. The molecule has 0 unspecified atom stereocenters. The van der Waals surface area contributed by atoms with Gasteiger partial charge in [-0.1, -0.05) is 6.42 Å². The quantitative estimate of drug-likeness (QED) is 0.547. The van der Waals surface area contributed by atoms with Crippen LogP contribution in [0, 0.1) is 0 Å². The first kappa shape index (κ1) is 13.5. The second kappa shape index (κ2) is 7.63. The molecule has 4 heteroatoms. The number of hydrogen-bond acceptors (Lipinski definition) is 4. The molecule has 0 aromatic heterocycles. The average Bonchev–Trinajstić information content (AvgIpc) is 2.28. The number of ether oxygens (including phenoxy) is 1. The van der Waals surface area contributed by atoms with Crippen molar-refractivity contribution in [3.63, 3.8) is 0 Å². The van der Waals surface area contributed by atoms with Gasteiger partial charge in [-0.15, -0.1) is 0 Å². The van der Waals surface area contributed by atoms with Crippen molar-refractivity contribution in [2.45, 2.75) is 44.6 Å². The first-order valence-corrected chi connectivity index (χ1v) is 6.30. The van der Waals surface area contributed by atoms with E-state index in [1.54, 1.807) is 0 Å². The summed E-state index contributed by atoms with van der Waals surface area (Å²) >= 11 is 0. The first-order chi connectivity index (χ1) is 7.72. The number of rotatable bonds is 6. The lowest BCUT2D eigenvalue weighted by Gasteiger charge is -2.28. The Kier molecular flexibility index (Phi) is 6.42. The zero-order valence-corrected chi connectivity index (χ0v) is 10.3. The van der Waals surface area contributed by atoms with Crippen molar-refractivity contribution in [3.8, 4) is 0 Å². The molecule has 0 radical (unpaired) electrons. The summed E-state index contributed by atoms with van der Waals surface area (Å²) in [6.07, 6.45) is 5.59. The van der Waals surface area contributed by atoms with Crippen LogP contribution in [0.3, 0.4) is 0 Å². The summed E-state index contributed by atoms with van der Waals surface area (Å²) in [7, 11) is 2.10. The van der Waals surface area contributed by atoms with Crippen molar-refractivity contribution in [1.29, 1.82) is 0 Å². The van der Waals surface area contributed by atoms with E-state index in [0.29, 0.717) is 13.0 Å². The van der Waals surface area contributed by atoms with Gasteiger partial charge in [0.2, 0.25) is 0 Å². The van der Waals surface area contributed by atoms with E-state index < -0.39 is 0 Å². The van der Waals surface area contributed by atoms with E-state index in [0.717, 1.165) is 45.2 Å². The van der Waals surface area contributed by atoms with Gasteiger partial charge in [0.25, 0.3) is 0 Å². The zero-order chi connectivity index (χ0) is 11.8. The van der Waals surface area contributed by atoms with Gasteiger partial charge in [0.1, 0.15) is 6.10 Å². The molecule has 4 nitrogen and oxygen atoms in total. The number of unbranched alkanes of at least 4 members (excludes halogenated alkanes) is 2. The molecule has 94 valence electrons. The standard InChI is InChI=1S/C12H24N2O2/c1-14-9-6-11(7-10-14)16-12(15)5-3-2-4-8-13/h11H,2-10,13H2,1H3. The Morgan fingerprint density at radius 1 is 1.31 bits per heavy atom. The SMILES string of the molecule is CN1CCC(OC(=O)CCCCCN)CC1. The van der Waals surface area contributed by atoms with Crippen molar-refractivity contribution in [2.75, 3.05) is 26.7 Å². The van der Waals surface area contributed by atoms with Crippen molar-refractivity contribution >= 4 is 5.97 Å². The van der Waals surface area contributed by atoms with Crippen LogP contribution in [0.15, 0.2) is 0 Å². The predicted octanol–water partition coefficient (Wildman–Crippen LogP) is 1.14. The molecular formula is C12H24N2O2. The second-order valence-electron chi connectivity index (χ2n) is 4.59. The minimum Gasteiger partial charge on any atom is -0.462 e. The lowest BCUT2D eigenvalue weighted by molar-refractivity contribution is -0.151. The average molecular weight is 228 g/mol. The Bertz CT molecular complexity index is 201. The summed E-state index contributed by atoms with van der Waals surface area (Å²) in [6.45, 7) is 2.78. The maximum absolute atomic E-state index is 11.5. The molecule has 0 atom stereocenters. The van der Waals surface area contributed by atoms with E-state index in [9.17, 15) is 4.79 Å². The molecular weight excluding hydrogens is 204 g/mol. The van der Waals surface area contributed by atoms with Gasteiger partial charge in [-0.2, -0.15) is 0 Å². The largest absolute Gasteiger partial charge is 0.462 e. The number of nitrogens with two attached hydrogens (primary N) is 1. The molecule has 0 aromatic rings. The Hall–Kier alpha value is -0.610. The minimum atomic E-state index is -0.0356. The molecule has 0 amide bonds. The molecule has 2 N–H and O–H groups in total. The minimum absolute atomic E-state index is 0.0356. The molecule has 1 rings (SSSR count). The summed E-state index contributed by atoms with van der Waals surface area (Å²) in [5, 5.41) is 0. The number of nitrogens with zero attached hydrogens (tertiary/aromatic N) is 1. The molecule has 0 bridgehead atoms. The van der Waals surface area contributed by atoms with Gasteiger partial charge in [-0.25, -0.2) is 0 Å². The van der Waals surface area contributed by atoms with Crippen LogP contribution in [0.25, 0.3) is 0 Å². The zero-order valence-electron chi connectivity index (χ0n) is 10.3. The number of likely N-dealkylation sites (tertiary alicyclic amines) is 1. The van der Waals surface area contributed by atoms with Crippen LogP contribution in [0.5, 0.6) is 0 Å². The topological polar surface area (TPSA) is 55.6 Å². The molecule has 1 saturated heterocycles. The van der Waals surface area contributed by atoms with E-state index >= 15 is 0 Å². The van der Waals surface area contributed by atoms with E-state index in [2.05, 4.69) is 11.9 Å². The lowest BCUT2D eigenvalue weighted by atomic mass is 10.1. The van der Waals surface area contributed by atoms with Gasteiger partial charge in [0.05, 0.1) is 0 Å². The fourth-order valence-corrected chi connectivity index (χ4v) is 1.94. The maximum atomic E-state index is 11.5. The van der Waals surface area contributed by atoms with Gasteiger partial charge in [0, 0.05) is 19.5 Å². The van der Waals surface area contributed by atoms with Gasteiger partial charge >= 0.3 is 5.97 Å². The fourth-order valence-electron chi connectivity index (χ4n) is 1.94. The molecule has 0 aromatic carbocycles. The number of piperidine rings is 1. The summed E-state index contributed by atoms with van der Waals surface area (Å²) in [6, 6.07) is 0. The Labute approximate surface area is 98.1 Å². The van der Waals surface area contributed by atoms with Gasteiger partial charge in [0.15, 0.2) is 0 Å². The molecule has 0 aliphatic carbocycles. The van der Waals surface area contributed by atoms with Crippen molar-refractivity contribution in [2.24, 2.45) is 5.73 Å². The second-order valence-corrected chi connectivity index (χ2v) is 4.59. The van der Waals surface area contributed by atoms with Crippen LogP contribution < -0.4 is 5.73 Å². The molecule has 0 spiro atoms.